The molecule has 4 heteroatoms. The first kappa shape index (κ1) is 11.1. The minimum atomic E-state index is 0.250. The molecule has 1 aromatic heterocycles. The van der Waals surface area contributed by atoms with Crippen molar-refractivity contribution in [3.8, 4) is 0 Å². The smallest absolute Gasteiger partial charge is 0.0420 e. The number of rotatable bonds is 5. The summed E-state index contributed by atoms with van der Waals surface area (Å²) < 4.78 is 0. The Morgan fingerprint density at radius 2 is 2.29 bits per heavy atom. The van der Waals surface area contributed by atoms with Crippen molar-refractivity contribution in [2.24, 2.45) is 5.84 Å². The SMILES string of the molecule is CN(C)CC(Cc1ccccn1)NN. The molecule has 4 nitrogen and oxygen atoms in total. The van der Waals surface area contributed by atoms with Crippen molar-refractivity contribution in [1.82, 2.24) is 15.3 Å². The third-order valence-electron chi connectivity index (χ3n) is 2.00. The number of hydrazine groups is 1. The van der Waals surface area contributed by atoms with Crippen LogP contribution < -0.4 is 11.3 Å². The Bertz CT molecular complexity index is 248. The van der Waals surface area contributed by atoms with Gasteiger partial charge in [0.15, 0.2) is 0 Å². The zero-order chi connectivity index (χ0) is 10.4. The molecule has 14 heavy (non-hydrogen) atoms. The summed E-state index contributed by atoms with van der Waals surface area (Å²) >= 11 is 0. The first-order valence-electron chi connectivity index (χ1n) is 4.73. The van der Waals surface area contributed by atoms with E-state index in [1.807, 2.05) is 32.3 Å². The molecule has 0 fully saturated rings. The van der Waals surface area contributed by atoms with E-state index in [4.69, 9.17) is 5.84 Å². The Morgan fingerprint density at radius 3 is 2.79 bits per heavy atom. The Hall–Kier alpha value is -0.970. The molecule has 0 saturated carbocycles. The number of likely N-dealkylation sites (N-methyl/N-ethyl adjacent to an activating group) is 1. The second kappa shape index (κ2) is 5.70. The Morgan fingerprint density at radius 1 is 1.50 bits per heavy atom. The van der Waals surface area contributed by atoms with Crippen LogP contribution in [0.25, 0.3) is 0 Å². The van der Waals surface area contributed by atoms with Gasteiger partial charge in [-0.3, -0.25) is 16.3 Å². The highest BCUT2D eigenvalue weighted by atomic mass is 15.3. The second-order valence-corrected chi connectivity index (χ2v) is 3.65. The maximum Gasteiger partial charge on any atom is 0.0420 e. The average molecular weight is 194 g/mol. The molecule has 0 spiro atoms. The molecule has 78 valence electrons. The van der Waals surface area contributed by atoms with E-state index in [1.54, 1.807) is 6.20 Å². The topological polar surface area (TPSA) is 54.2 Å². The summed E-state index contributed by atoms with van der Waals surface area (Å²) in [7, 11) is 4.06. The van der Waals surface area contributed by atoms with Gasteiger partial charge in [-0.1, -0.05) is 6.07 Å². The largest absolute Gasteiger partial charge is 0.308 e. The molecule has 0 aliphatic carbocycles. The zero-order valence-electron chi connectivity index (χ0n) is 8.77. The highest BCUT2D eigenvalue weighted by Crippen LogP contribution is 1.99. The summed E-state index contributed by atoms with van der Waals surface area (Å²) in [6.45, 7) is 0.910. The van der Waals surface area contributed by atoms with Crippen LogP contribution in [0.3, 0.4) is 0 Å². The fourth-order valence-electron chi connectivity index (χ4n) is 1.39. The van der Waals surface area contributed by atoms with Crippen molar-refractivity contribution in [2.75, 3.05) is 20.6 Å². The molecule has 0 aliphatic rings. The average Bonchev–Trinajstić information content (AvgIpc) is 2.17. The van der Waals surface area contributed by atoms with E-state index in [1.165, 1.54) is 0 Å². The molecule has 0 amide bonds. The first-order chi connectivity index (χ1) is 6.72. The van der Waals surface area contributed by atoms with Crippen LogP contribution in [0.5, 0.6) is 0 Å². The van der Waals surface area contributed by atoms with Crippen molar-refractivity contribution in [3.63, 3.8) is 0 Å². The van der Waals surface area contributed by atoms with E-state index in [0.29, 0.717) is 0 Å². The third kappa shape index (κ3) is 3.83. The van der Waals surface area contributed by atoms with E-state index >= 15 is 0 Å². The van der Waals surface area contributed by atoms with Gasteiger partial charge in [0.1, 0.15) is 0 Å². The summed E-state index contributed by atoms with van der Waals surface area (Å²) in [6, 6.07) is 6.17. The van der Waals surface area contributed by atoms with Crippen LogP contribution in [0.1, 0.15) is 5.69 Å². The van der Waals surface area contributed by atoms with Gasteiger partial charge in [-0.25, -0.2) is 0 Å². The van der Waals surface area contributed by atoms with Crippen LogP contribution in [0.4, 0.5) is 0 Å². The molecule has 0 radical (unpaired) electrons. The van der Waals surface area contributed by atoms with E-state index in [0.717, 1.165) is 18.7 Å². The van der Waals surface area contributed by atoms with Crippen molar-refractivity contribution in [1.29, 1.82) is 0 Å². The lowest BCUT2D eigenvalue weighted by molar-refractivity contribution is 0.337. The Kier molecular flexibility index (Phi) is 4.52. The van der Waals surface area contributed by atoms with Crippen molar-refractivity contribution < 1.29 is 0 Å². The molecular weight excluding hydrogens is 176 g/mol. The molecule has 1 unspecified atom stereocenters. The van der Waals surface area contributed by atoms with Gasteiger partial charge < -0.3 is 4.90 Å². The lowest BCUT2D eigenvalue weighted by Gasteiger charge is -2.19. The lowest BCUT2D eigenvalue weighted by Crippen LogP contribution is -2.43. The molecule has 1 aromatic rings. The summed E-state index contributed by atoms with van der Waals surface area (Å²) in [5, 5.41) is 0. The number of nitrogens with one attached hydrogen (secondary N) is 1. The van der Waals surface area contributed by atoms with Gasteiger partial charge in [-0.2, -0.15) is 0 Å². The highest BCUT2D eigenvalue weighted by molar-refractivity contribution is 5.05. The van der Waals surface area contributed by atoms with E-state index in [9.17, 15) is 0 Å². The predicted octanol–water partition coefficient (Wildman–Crippen LogP) is 0.0176. The highest BCUT2D eigenvalue weighted by Gasteiger charge is 2.08. The monoisotopic (exact) mass is 194 g/mol. The number of nitrogens with zero attached hydrogens (tertiary/aromatic N) is 2. The van der Waals surface area contributed by atoms with E-state index < -0.39 is 0 Å². The second-order valence-electron chi connectivity index (χ2n) is 3.65. The number of nitrogens with two attached hydrogens (primary N) is 1. The maximum atomic E-state index is 5.46. The van der Waals surface area contributed by atoms with Crippen molar-refractivity contribution in [3.05, 3.63) is 30.1 Å². The summed E-state index contributed by atoms with van der Waals surface area (Å²) in [5.41, 5.74) is 3.87. The molecule has 1 heterocycles. The van der Waals surface area contributed by atoms with Gasteiger partial charge in [-0.15, -0.1) is 0 Å². The van der Waals surface area contributed by atoms with E-state index in [-0.39, 0.29) is 6.04 Å². The fraction of sp³-hybridized carbons (Fsp3) is 0.500. The number of aromatic nitrogens is 1. The van der Waals surface area contributed by atoms with Crippen molar-refractivity contribution >= 4 is 0 Å². The number of pyridine rings is 1. The predicted molar refractivity (Wildman–Crippen MR) is 57.6 cm³/mol. The third-order valence-corrected chi connectivity index (χ3v) is 2.00. The van der Waals surface area contributed by atoms with Gasteiger partial charge in [0, 0.05) is 30.9 Å². The molecule has 0 aromatic carbocycles. The first-order valence-corrected chi connectivity index (χ1v) is 4.73. The molecule has 0 bridgehead atoms. The van der Waals surface area contributed by atoms with Crippen LogP contribution in [0.2, 0.25) is 0 Å². The lowest BCUT2D eigenvalue weighted by atomic mass is 10.1. The quantitative estimate of drug-likeness (QED) is 0.512. The van der Waals surface area contributed by atoms with Gasteiger partial charge in [0.05, 0.1) is 0 Å². The summed E-state index contributed by atoms with van der Waals surface area (Å²) in [6.07, 6.45) is 2.66. The van der Waals surface area contributed by atoms with Crippen LogP contribution in [0.15, 0.2) is 24.4 Å². The summed E-state index contributed by atoms with van der Waals surface area (Å²) in [5.74, 6) is 5.46. The van der Waals surface area contributed by atoms with Crippen LogP contribution in [0, 0.1) is 0 Å². The molecule has 3 N–H and O–H groups in total. The molecular formula is C10H18N4. The van der Waals surface area contributed by atoms with Crippen LogP contribution in [-0.4, -0.2) is 36.6 Å². The van der Waals surface area contributed by atoms with Gasteiger partial charge in [0.25, 0.3) is 0 Å². The number of hydrogen-bond donors (Lipinski definition) is 2. The van der Waals surface area contributed by atoms with E-state index in [2.05, 4.69) is 15.3 Å². The molecule has 0 saturated heterocycles. The normalized spacial score (nSPS) is 13.1. The Balaban J connectivity index is 2.48. The van der Waals surface area contributed by atoms with Gasteiger partial charge in [-0.05, 0) is 26.2 Å². The molecule has 1 atom stereocenters. The Labute approximate surface area is 85.1 Å². The van der Waals surface area contributed by atoms with Crippen molar-refractivity contribution in [2.45, 2.75) is 12.5 Å². The zero-order valence-corrected chi connectivity index (χ0v) is 8.77. The standard InChI is InChI=1S/C10H18N4/c1-14(2)8-10(13-11)7-9-5-3-4-6-12-9/h3-6,10,13H,7-8,11H2,1-2H3. The number of hydrogen-bond acceptors (Lipinski definition) is 4. The van der Waals surface area contributed by atoms with Gasteiger partial charge in [0.2, 0.25) is 0 Å². The fourth-order valence-corrected chi connectivity index (χ4v) is 1.39. The molecule has 1 rings (SSSR count). The van der Waals surface area contributed by atoms with Gasteiger partial charge >= 0.3 is 0 Å². The van der Waals surface area contributed by atoms with Crippen LogP contribution in [-0.2, 0) is 6.42 Å². The summed E-state index contributed by atoms with van der Waals surface area (Å²) in [4.78, 5) is 6.36. The minimum absolute atomic E-state index is 0.250. The minimum Gasteiger partial charge on any atom is -0.308 e. The van der Waals surface area contributed by atoms with Crippen LogP contribution >= 0.6 is 0 Å². The molecule has 0 aliphatic heterocycles. The maximum absolute atomic E-state index is 5.46.